The second kappa shape index (κ2) is 7.02. The van der Waals surface area contributed by atoms with Gasteiger partial charge in [-0.05, 0) is 58.7 Å². The molecule has 0 saturated heterocycles. The number of aliphatic imine (C=N–C) groups is 1. The molecule has 27 heavy (non-hydrogen) atoms. The quantitative estimate of drug-likeness (QED) is 0.436. The van der Waals surface area contributed by atoms with Gasteiger partial charge in [-0.1, -0.05) is 52.3 Å². The van der Waals surface area contributed by atoms with Crippen LogP contribution in [0.5, 0.6) is 5.75 Å². The summed E-state index contributed by atoms with van der Waals surface area (Å²) in [7, 11) is 0. The topological polar surface area (TPSA) is 21.6 Å². The van der Waals surface area contributed by atoms with E-state index < -0.39 is 0 Å². The number of hydrogen-bond acceptors (Lipinski definition) is 3. The smallest absolute Gasteiger partial charge is 0.145 e. The van der Waals surface area contributed by atoms with Crippen molar-refractivity contribution in [2.24, 2.45) is 4.99 Å². The molecule has 132 valence electrons. The van der Waals surface area contributed by atoms with Crippen LogP contribution in [0.15, 0.2) is 81.1 Å². The highest BCUT2D eigenvalue weighted by Gasteiger charge is 2.25. The normalized spacial score (nSPS) is 17.5. The molecule has 2 nitrogen and oxygen atoms in total. The molecule has 1 unspecified atom stereocenters. The molecule has 5 rings (SSSR count). The van der Waals surface area contributed by atoms with Crippen molar-refractivity contribution in [1.29, 1.82) is 0 Å². The third kappa shape index (κ3) is 3.24. The summed E-state index contributed by atoms with van der Waals surface area (Å²) < 4.78 is 6.76. The summed E-state index contributed by atoms with van der Waals surface area (Å²) in [5, 5.41) is 0.236. The van der Waals surface area contributed by atoms with E-state index in [1.165, 1.54) is 27.2 Å². The van der Waals surface area contributed by atoms with Gasteiger partial charge in [0.2, 0.25) is 0 Å². The molecule has 0 spiro atoms. The van der Waals surface area contributed by atoms with Crippen LogP contribution in [0.2, 0.25) is 0 Å². The van der Waals surface area contributed by atoms with Gasteiger partial charge in [0, 0.05) is 15.6 Å². The summed E-state index contributed by atoms with van der Waals surface area (Å²) in [4.78, 5) is 5.83. The predicted molar refractivity (Wildman–Crippen MR) is 117 cm³/mol. The van der Waals surface area contributed by atoms with Crippen LogP contribution in [-0.4, -0.2) is 12.8 Å². The molecule has 0 fully saturated rings. The molecule has 4 heteroatoms. The lowest BCUT2D eigenvalue weighted by Crippen LogP contribution is -2.05. The van der Waals surface area contributed by atoms with Gasteiger partial charge in [0.25, 0.3) is 0 Å². The number of fused-ring (bicyclic) bond motifs is 2. The Balaban J connectivity index is 1.65. The van der Waals surface area contributed by atoms with Gasteiger partial charge in [-0.25, -0.2) is 0 Å². The molecular formula is C23H16BrNOS. The van der Waals surface area contributed by atoms with E-state index in [1.807, 2.05) is 24.0 Å². The van der Waals surface area contributed by atoms with Crippen molar-refractivity contribution in [3.63, 3.8) is 0 Å². The summed E-state index contributed by atoms with van der Waals surface area (Å²) >= 11 is 5.45. The minimum absolute atomic E-state index is 0.236. The van der Waals surface area contributed by atoms with Crippen molar-refractivity contribution in [3.05, 3.63) is 87.9 Å². The Bertz CT molecular complexity index is 1070. The fourth-order valence-electron chi connectivity index (χ4n) is 3.44. The first kappa shape index (κ1) is 16.8. The number of benzene rings is 3. The molecule has 2 aliphatic heterocycles. The predicted octanol–water partition coefficient (Wildman–Crippen LogP) is 6.93. The third-order valence-corrected chi connectivity index (χ3v) is 6.68. The van der Waals surface area contributed by atoms with Crippen molar-refractivity contribution in [3.8, 4) is 5.75 Å². The van der Waals surface area contributed by atoms with Gasteiger partial charge in [-0.3, -0.25) is 4.99 Å². The number of ether oxygens (including phenoxy) is 1. The molecule has 0 N–H and O–H groups in total. The maximum absolute atomic E-state index is 5.67. The number of hydrogen-bond donors (Lipinski definition) is 0. The first-order valence-corrected chi connectivity index (χ1v) is 10.5. The van der Waals surface area contributed by atoms with Crippen molar-refractivity contribution in [2.75, 3.05) is 6.61 Å². The first-order valence-electron chi connectivity index (χ1n) is 8.80. The number of thioether (sulfide) groups is 1. The molecule has 3 aromatic rings. The number of rotatable bonds is 2. The first-order chi connectivity index (χ1) is 13.3. The van der Waals surface area contributed by atoms with Gasteiger partial charge in [-0.2, -0.15) is 0 Å². The Morgan fingerprint density at radius 2 is 1.85 bits per heavy atom. The fourth-order valence-corrected chi connectivity index (χ4v) is 5.01. The second-order valence-corrected chi connectivity index (χ2v) is 8.55. The van der Waals surface area contributed by atoms with Crippen LogP contribution >= 0.6 is 27.7 Å². The zero-order chi connectivity index (χ0) is 18.2. The number of nitrogens with zero attached hydrogens (tertiary/aromatic N) is 1. The minimum atomic E-state index is 0.236. The molecule has 1 atom stereocenters. The van der Waals surface area contributed by atoms with Gasteiger partial charge in [0.05, 0.1) is 5.25 Å². The lowest BCUT2D eigenvalue weighted by molar-refractivity contribution is 0.377. The van der Waals surface area contributed by atoms with E-state index in [1.54, 1.807) is 0 Å². The molecule has 0 amide bonds. The largest absolute Gasteiger partial charge is 0.486 e. The Hall–Kier alpha value is -2.30. The summed E-state index contributed by atoms with van der Waals surface area (Å²) in [6, 6.07) is 23.5. The number of halogens is 1. The van der Waals surface area contributed by atoms with Gasteiger partial charge in [0.1, 0.15) is 18.0 Å². The summed E-state index contributed by atoms with van der Waals surface area (Å²) in [6.45, 7) is 0.541. The lowest BCUT2D eigenvalue weighted by Gasteiger charge is -2.27. The van der Waals surface area contributed by atoms with Crippen molar-refractivity contribution in [1.82, 2.24) is 0 Å². The molecular weight excluding hydrogens is 418 g/mol. The second-order valence-electron chi connectivity index (χ2n) is 6.49. The summed E-state index contributed by atoms with van der Waals surface area (Å²) in [5.41, 5.74) is 5.94. The fraction of sp³-hybridized carbons (Fsp3) is 0.0870. The molecule has 0 radical (unpaired) electrons. The Labute approximate surface area is 171 Å². The van der Waals surface area contributed by atoms with Gasteiger partial charge in [-0.15, -0.1) is 11.8 Å². The van der Waals surface area contributed by atoms with Crippen LogP contribution in [0, 0.1) is 0 Å². The minimum Gasteiger partial charge on any atom is -0.486 e. The van der Waals surface area contributed by atoms with Crippen LogP contribution in [0.1, 0.15) is 21.9 Å². The monoisotopic (exact) mass is 433 g/mol. The van der Waals surface area contributed by atoms with E-state index in [0.717, 1.165) is 15.9 Å². The average Bonchev–Trinajstić information content (AvgIpc) is 2.73. The van der Waals surface area contributed by atoms with E-state index in [2.05, 4.69) is 87.7 Å². The van der Waals surface area contributed by atoms with Crippen LogP contribution in [0.4, 0.5) is 5.69 Å². The molecule has 0 aromatic heterocycles. The Morgan fingerprint density at radius 3 is 2.74 bits per heavy atom. The van der Waals surface area contributed by atoms with Crippen molar-refractivity contribution < 1.29 is 4.74 Å². The molecule has 3 aromatic carbocycles. The van der Waals surface area contributed by atoms with Crippen LogP contribution in [-0.2, 0) is 0 Å². The SMILES string of the molecule is Brc1ccc(C2Sc3ccccc3C=C2c2ccc3c(c2)N=CCO3)cc1. The standard InChI is InChI=1S/C23H16BrNOS/c24-18-8-5-15(6-9-18)23-19(13-17-3-1-2-4-22(17)27-23)16-7-10-21-20(14-16)25-11-12-26-21/h1-11,13-14,23H,12H2. The van der Waals surface area contributed by atoms with E-state index >= 15 is 0 Å². The molecule has 2 aliphatic rings. The summed E-state index contributed by atoms with van der Waals surface area (Å²) in [5.74, 6) is 0.853. The van der Waals surface area contributed by atoms with Gasteiger partial charge >= 0.3 is 0 Å². The highest BCUT2D eigenvalue weighted by molar-refractivity contribution is 9.10. The maximum Gasteiger partial charge on any atom is 0.145 e. The zero-order valence-electron chi connectivity index (χ0n) is 14.4. The summed E-state index contributed by atoms with van der Waals surface area (Å²) in [6.07, 6.45) is 4.13. The Kier molecular flexibility index (Phi) is 4.38. The van der Waals surface area contributed by atoms with Crippen LogP contribution in [0.25, 0.3) is 11.6 Å². The van der Waals surface area contributed by atoms with Gasteiger partial charge in [0.15, 0.2) is 0 Å². The average molecular weight is 434 g/mol. The van der Waals surface area contributed by atoms with E-state index in [-0.39, 0.29) is 5.25 Å². The maximum atomic E-state index is 5.67. The third-order valence-electron chi connectivity index (χ3n) is 4.77. The molecule has 2 heterocycles. The lowest BCUT2D eigenvalue weighted by atomic mass is 9.94. The molecule has 0 bridgehead atoms. The molecule has 0 saturated carbocycles. The van der Waals surface area contributed by atoms with Crippen LogP contribution in [0.3, 0.4) is 0 Å². The van der Waals surface area contributed by atoms with E-state index in [0.29, 0.717) is 6.61 Å². The van der Waals surface area contributed by atoms with Gasteiger partial charge < -0.3 is 4.74 Å². The molecule has 0 aliphatic carbocycles. The van der Waals surface area contributed by atoms with Crippen LogP contribution < -0.4 is 4.74 Å². The van der Waals surface area contributed by atoms with Crippen molar-refractivity contribution >= 4 is 51.2 Å². The zero-order valence-corrected chi connectivity index (χ0v) is 16.8. The van der Waals surface area contributed by atoms with Crippen molar-refractivity contribution in [2.45, 2.75) is 10.1 Å². The Morgan fingerprint density at radius 1 is 1.00 bits per heavy atom. The van der Waals surface area contributed by atoms with E-state index in [4.69, 9.17) is 4.74 Å². The van der Waals surface area contributed by atoms with E-state index in [9.17, 15) is 0 Å². The highest BCUT2D eigenvalue weighted by Crippen LogP contribution is 2.51. The highest BCUT2D eigenvalue weighted by atomic mass is 79.9.